The lowest BCUT2D eigenvalue weighted by Crippen LogP contribution is -2.18. The van der Waals surface area contributed by atoms with Crippen molar-refractivity contribution in [1.29, 1.82) is 0 Å². The first-order valence-corrected chi connectivity index (χ1v) is 5.08. The first-order chi connectivity index (χ1) is 7.59. The van der Waals surface area contributed by atoms with Crippen molar-refractivity contribution in [3.05, 3.63) is 35.9 Å². The van der Waals surface area contributed by atoms with E-state index in [0.717, 1.165) is 5.56 Å². The second-order valence-electron chi connectivity index (χ2n) is 3.66. The molecule has 0 saturated heterocycles. The molecule has 1 aromatic rings. The molecule has 0 aliphatic rings. The zero-order valence-electron chi connectivity index (χ0n) is 8.80. The lowest BCUT2D eigenvalue weighted by Gasteiger charge is -2.09. The second-order valence-corrected chi connectivity index (χ2v) is 3.66. The molecule has 0 aliphatic carbocycles. The average molecular weight is 222 g/mol. The molecule has 1 aromatic carbocycles. The molecule has 1 atom stereocenters. The Morgan fingerprint density at radius 2 is 1.75 bits per heavy atom. The maximum Gasteiger partial charge on any atom is 0.307 e. The van der Waals surface area contributed by atoms with E-state index >= 15 is 0 Å². The molecular weight excluding hydrogens is 208 g/mol. The summed E-state index contributed by atoms with van der Waals surface area (Å²) in [5, 5.41) is 17.4. The molecule has 0 radical (unpaired) electrons. The molecule has 0 amide bonds. The van der Waals surface area contributed by atoms with Crippen molar-refractivity contribution < 1.29 is 19.8 Å². The van der Waals surface area contributed by atoms with Gasteiger partial charge in [0.2, 0.25) is 0 Å². The number of carboxylic acid groups (broad SMARTS) is 2. The number of aryl methyl sites for hydroxylation is 1. The second kappa shape index (κ2) is 5.90. The van der Waals surface area contributed by atoms with Gasteiger partial charge in [0, 0.05) is 0 Å². The third kappa shape index (κ3) is 4.13. The number of rotatable bonds is 6. The molecule has 0 fully saturated rings. The van der Waals surface area contributed by atoms with E-state index in [1.54, 1.807) is 0 Å². The van der Waals surface area contributed by atoms with E-state index in [0.29, 0.717) is 12.8 Å². The largest absolute Gasteiger partial charge is 0.481 e. The van der Waals surface area contributed by atoms with Crippen molar-refractivity contribution in [1.82, 2.24) is 0 Å². The van der Waals surface area contributed by atoms with E-state index in [2.05, 4.69) is 0 Å². The fraction of sp³-hybridized carbons (Fsp3) is 0.333. The van der Waals surface area contributed by atoms with E-state index in [1.165, 1.54) is 0 Å². The van der Waals surface area contributed by atoms with Crippen LogP contribution in [0.1, 0.15) is 18.4 Å². The van der Waals surface area contributed by atoms with Crippen molar-refractivity contribution >= 4 is 11.9 Å². The summed E-state index contributed by atoms with van der Waals surface area (Å²) in [6, 6.07) is 9.44. The number of hydrogen-bond acceptors (Lipinski definition) is 2. The highest BCUT2D eigenvalue weighted by atomic mass is 16.4. The third-order valence-electron chi connectivity index (χ3n) is 2.39. The summed E-state index contributed by atoms with van der Waals surface area (Å²) in [4.78, 5) is 21.3. The zero-order chi connectivity index (χ0) is 12.0. The van der Waals surface area contributed by atoms with E-state index in [4.69, 9.17) is 10.2 Å². The maximum atomic E-state index is 10.8. The highest BCUT2D eigenvalue weighted by Gasteiger charge is 2.20. The summed E-state index contributed by atoms with van der Waals surface area (Å²) in [6.45, 7) is 0. The van der Waals surface area contributed by atoms with Crippen molar-refractivity contribution in [2.45, 2.75) is 19.3 Å². The third-order valence-corrected chi connectivity index (χ3v) is 2.39. The van der Waals surface area contributed by atoms with Gasteiger partial charge < -0.3 is 10.2 Å². The Bertz CT molecular complexity index is 359. The minimum absolute atomic E-state index is 0.317. The molecule has 0 bridgehead atoms. The average Bonchev–Trinajstić information content (AvgIpc) is 2.25. The molecule has 0 aliphatic heterocycles. The van der Waals surface area contributed by atoms with Gasteiger partial charge in [-0.25, -0.2) is 0 Å². The molecule has 86 valence electrons. The van der Waals surface area contributed by atoms with Crippen LogP contribution >= 0.6 is 0 Å². The van der Waals surface area contributed by atoms with E-state index in [-0.39, 0.29) is 6.42 Å². The Morgan fingerprint density at radius 3 is 2.25 bits per heavy atom. The number of carbonyl (C=O) groups is 2. The quantitative estimate of drug-likeness (QED) is 0.769. The highest BCUT2D eigenvalue weighted by molar-refractivity contribution is 5.77. The monoisotopic (exact) mass is 222 g/mol. The molecule has 0 spiro atoms. The van der Waals surface area contributed by atoms with Gasteiger partial charge in [-0.05, 0) is 18.4 Å². The Labute approximate surface area is 93.5 Å². The van der Waals surface area contributed by atoms with E-state index in [9.17, 15) is 9.59 Å². The standard InChI is InChI=1S/C12H14O4/c13-11(14)8-10(12(15)16)7-6-9-4-2-1-3-5-9/h1-5,10H,6-8H2,(H,13,14)(H,15,16). The van der Waals surface area contributed by atoms with Gasteiger partial charge >= 0.3 is 11.9 Å². The van der Waals surface area contributed by atoms with Crippen LogP contribution in [0.15, 0.2) is 30.3 Å². The Kier molecular flexibility index (Phi) is 4.51. The number of carboxylic acids is 2. The number of benzene rings is 1. The van der Waals surface area contributed by atoms with Crippen LogP contribution in [0, 0.1) is 5.92 Å². The SMILES string of the molecule is O=C(O)CC(CCc1ccccc1)C(=O)O. The molecule has 1 unspecified atom stereocenters. The molecule has 0 heterocycles. The van der Waals surface area contributed by atoms with Crippen LogP contribution in [0.5, 0.6) is 0 Å². The lowest BCUT2D eigenvalue weighted by molar-refractivity contribution is -0.148. The molecule has 0 aromatic heterocycles. The summed E-state index contributed by atoms with van der Waals surface area (Å²) in [5.74, 6) is -2.92. The topological polar surface area (TPSA) is 74.6 Å². The van der Waals surface area contributed by atoms with Gasteiger partial charge in [0.25, 0.3) is 0 Å². The summed E-state index contributed by atoms with van der Waals surface area (Å²) in [6.07, 6.45) is 0.624. The predicted molar refractivity (Wildman–Crippen MR) is 58.1 cm³/mol. The van der Waals surface area contributed by atoms with E-state index < -0.39 is 17.9 Å². The van der Waals surface area contributed by atoms with E-state index in [1.807, 2.05) is 30.3 Å². The van der Waals surface area contributed by atoms with Crippen LogP contribution in [0.4, 0.5) is 0 Å². The smallest absolute Gasteiger partial charge is 0.307 e. The minimum Gasteiger partial charge on any atom is -0.481 e. The molecule has 16 heavy (non-hydrogen) atoms. The van der Waals surface area contributed by atoms with Crippen molar-refractivity contribution in [2.24, 2.45) is 5.92 Å². The lowest BCUT2D eigenvalue weighted by atomic mass is 9.97. The highest BCUT2D eigenvalue weighted by Crippen LogP contribution is 2.13. The van der Waals surface area contributed by atoms with Crippen molar-refractivity contribution in [3.63, 3.8) is 0 Å². The Balaban J connectivity index is 2.50. The summed E-state index contributed by atoms with van der Waals surface area (Å²) >= 11 is 0. The maximum absolute atomic E-state index is 10.8. The molecule has 4 heteroatoms. The van der Waals surface area contributed by atoms with Gasteiger partial charge in [-0.1, -0.05) is 30.3 Å². The van der Waals surface area contributed by atoms with Crippen LogP contribution in [0.25, 0.3) is 0 Å². The molecule has 2 N–H and O–H groups in total. The zero-order valence-corrected chi connectivity index (χ0v) is 8.80. The normalized spacial score (nSPS) is 12.0. The fourth-order valence-electron chi connectivity index (χ4n) is 1.51. The van der Waals surface area contributed by atoms with Gasteiger partial charge in [0.05, 0.1) is 12.3 Å². The molecule has 0 saturated carbocycles. The van der Waals surface area contributed by atoms with Crippen molar-refractivity contribution in [3.8, 4) is 0 Å². The van der Waals surface area contributed by atoms with Gasteiger partial charge in [-0.2, -0.15) is 0 Å². The van der Waals surface area contributed by atoms with Crippen LogP contribution in [-0.4, -0.2) is 22.2 Å². The summed E-state index contributed by atoms with van der Waals surface area (Å²) < 4.78 is 0. The van der Waals surface area contributed by atoms with Crippen LogP contribution in [0.3, 0.4) is 0 Å². The fourth-order valence-corrected chi connectivity index (χ4v) is 1.51. The number of hydrogen-bond donors (Lipinski definition) is 2. The van der Waals surface area contributed by atoms with Gasteiger partial charge in [0.15, 0.2) is 0 Å². The summed E-state index contributed by atoms with van der Waals surface area (Å²) in [5.41, 5.74) is 1.03. The van der Waals surface area contributed by atoms with Gasteiger partial charge in [0.1, 0.15) is 0 Å². The van der Waals surface area contributed by atoms with Gasteiger partial charge in [-0.3, -0.25) is 9.59 Å². The predicted octanol–water partition coefficient (Wildman–Crippen LogP) is 1.79. The summed E-state index contributed by atoms with van der Waals surface area (Å²) in [7, 11) is 0. The first kappa shape index (κ1) is 12.2. The van der Waals surface area contributed by atoms with Gasteiger partial charge in [-0.15, -0.1) is 0 Å². The minimum atomic E-state index is -1.07. The first-order valence-electron chi connectivity index (χ1n) is 5.08. The molecule has 4 nitrogen and oxygen atoms in total. The van der Waals surface area contributed by atoms with Crippen LogP contribution in [0.2, 0.25) is 0 Å². The van der Waals surface area contributed by atoms with Crippen LogP contribution in [-0.2, 0) is 16.0 Å². The Hall–Kier alpha value is -1.84. The molecule has 1 rings (SSSR count). The molecular formula is C12H14O4. The number of aliphatic carboxylic acids is 2. The Morgan fingerprint density at radius 1 is 1.12 bits per heavy atom. The van der Waals surface area contributed by atoms with Crippen LogP contribution < -0.4 is 0 Å². The van der Waals surface area contributed by atoms with Crippen molar-refractivity contribution in [2.75, 3.05) is 0 Å².